The molecule has 1 heterocycles. The smallest absolute Gasteiger partial charge is 0.301 e. The van der Waals surface area contributed by atoms with Crippen molar-refractivity contribution in [2.75, 3.05) is 7.05 Å². The molecular weight excluding hydrogens is 164 g/mol. The summed E-state index contributed by atoms with van der Waals surface area (Å²) in [7, 11) is 1.74. The maximum atomic E-state index is 12.6. The Labute approximate surface area is 69.2 Å². The fourth-order valence-electron chi connectivity index (χ4n) is 0.862. The molecule has 0 aliphatic heterocycles. The Kier molecular flexibility index (Phi) is 2.42. The molecule has 3 nitrogen and oxygen atoms in total. The second-order valence-corrected chi connectivity index (χ2v) is 2.68. The van der Waals surface area contributed by atoms with E-state index in [-0.39, 0.29) is 5.82 Å². The van der Waals surface area contributed by atoms with Crippen LogP contribution in [-0.4, -0.2) is 17.0 Å². The summed E-state index contributed by atoms with van der Waals surface area (Å²) < 4.78 is 25.2. The van der Waals surface area contributed by atoms with E-state index >= 15 is 0 Å². The normalized spacial score (nSPS) is 12.0. The molecule has 0 saturated carbocycles. The molecule has 1 aromatic rings. The quantitative estimate of drug-likeness (QED) is 0.725. The number of imidazole rings is 1. The number of nitrogens with one attached hydrogen (secondary N) is 2. The van der Waals surface area contributed by atoms with Crippen LogP contribution in [0.25, 0.3) is 0 Å². The number of halogens is 2. The van der Waals surface area contributed by atoms with Crippen molar-refractivity contribution in [1.29, 1.82) is 0 Å². The van der Waals surface area contributed by atoms with Gasteiger partial charge in [-0.1, -0.05) is 0 Å². The molecule has 0 amide bonds. The van der Waals surface area contributed by atoms with Crippen LogP contribution < -0.4 is 5.32 Å². The Morgan fingerprint density at radius 1 is 1.67 bits per heavy atom. The second-order valence-electron chi connectivity index (χ2n) is 2.68. The fourth-order valence-corrected chi connectivity index (χ4v) is 0.862. The molecule has 5 heteroatoms. The molecular formula is C7H11F2N3. The Balaban J connectivity index is 2.77. The van der Waals surface area contributed by atoms with Crippen molar-refractivity contribution in [3.8, 4) is 0 Å². The first kappa shape index (κ1) is 9.12. The van der Waals surface area contributed by atoms with Crippen molar-refractivity contribution < 1.29 is 8.78 Å². The summed E-state index contributed by atoms with van der Waals surface area (Å²) in [5, 5.41) is 2.83. The molecule has 0 unspecified atom stereocenters. The standard InChI is InChI=1S/C7H11F2N3/c1-7(8,9)6-11-4-5(12-6)3-10-2/h4,10H,3H2,1-2H3,(H,11,12). The van der Waals surface area contributed by atoms with E-state index in [9.17, 15) is 8.78 Å². The van der Waals surface area contributed by atoms with E-state index in [1.165, 1.54) is 6.20 Å². The van der Waals surface area contributed by atoms with Crippen LogP contribution in [0.5, 0.6) is 0 Å². The lowest BCUT2D eigenvalue weighted by molar-refractivity contribution is 0.00847. The summed E-state index contributed by atoms with van der Waals surface area (Å²) in [5.74, 6) is -3.17. The summed E-state index contributed by atoms with van der Waals surface area (Å²) >= 11 is 0. The van der Waals surface area contributed by atoms with Gasteiger partial charge in [-0.3, -0.25) is 0 Å². The highest BCUT2D eigenvalue weighted by Gasteiger charge is 2.27. The predicted octanol–water partition coefficient (Wildman–Crippen LogP) is 1.24. The van der Waals surface area contributed by atoms with Crippen molar-refractivity contribution in [2.24, 2.45) is 0 Å². The lowest BCUT2D eigenvalue weighted by Gasteiger charge is -2.04. The van der Waals surface area contributed by atoms with Crippen LogP contribution in [-0.2, 0) is 12.5 Å². The molecule has 0 spiro atoms. The third-order valence-corrected chi connectivity index (χ3v) is 1.41. The highest BCUT2D eigenvalue weighted by molar-refractivity contribution is 5.04. The van der Waals surface area contributed by atoms with Gasteiger partial charge in [0.05, 0.1) is 0 Å². The van der Waals surface area contributed by atoms with Crippen LogP contribution in [0.2, 0.25) is 0 Å². The van der Waals surface area contributed by atoms with Crippen LogP contribution in [0.3, 0.4) is 0 Å². The van der Waals surface area contributed by atoms with Gasteiger partial charge in [0.2, 0.25) is 0 Å². The SMILES string of the molecule is CNCc1cnc(C(C)(F)F)[nH]1. The van der Waals surface area contributed by atoms with Crippen LogP contribution in [0.4, 0.5) is 8.78 Å². The van der Waals surface area contributed by atoms with E-state index in [2.05, 4.69) is 15.3 Å². The number of alkyl halides is 2. The van der Waals surface area contributed by atoms with Gasteiger partial charge in [-0.25, -0.2) is 4.98 Å². The topological polar surface area (TPSA) is 40.7 Å². The Bertz CT molecular complexity index is 251. The van der Waals surface area contributed by atoms with Crippen LogP contribution >= 0.6 is 0 Å². The fraction of sp³-hybridized carbons (Fsp3) is 0.571. The minimum absolute atomic E-state index is 0.284. The van der Waals surface area contributed by atoms with E-state index in [0.29, 0.717) is 12.2 Å². The van der Waals surface area contributed by atoms with Crippen LogP contribution in [0.15, 0.2) is 6.20 Å². The monoisotopic (exact) mass is 175 g/mol. The highest BCUT2D eigenvalue weighted by atomic mass is 19.3. The summed E-state index contributed by atoms with van der Waals surface area (Å²) in [6, 6.07) is 0. The Morgan fingerprint density at radius 2 is 2.33 bits per heavy atom. The van der Waals surface area contributed by atoms with Gasteiger partial charge in [0.1, 0.15) is 0 Å². The molecule has 0 saturated heterocycles. The van der Waals surface area contributed by atoms with Gasteiger partial charge in [0.25, 0.3) is 0 Å². The minimum atomic E-state index is -2.88. The number of H-pyrrole nitrogens is 1. The third kappa shape index (κ3) is 2.01. The molecule has 0 aliphatic rings. The molecule has 0 bridgehead atoms. The average Bonchev–Trinajstić information content (AvgIpc) is 2.35. The zero-order valence-corrected chi connectivity index (χ0v) is 6.99. The molecule has 1 aromatic heterocycles. The number of aromatic amines is 1. The maximum absolute atomic E-state index is 12.6. The average molecular weight is 175 g/mol. The largest absolute Gasteiger partial charge is 0.340 e. The lowest BCUT2D eigenvalue weighted by atomic mass is 10.4. The maximum Gasteiger partial charge on any atom is 0.301 e. The molecule has 0 radical (unpaired) electrons. The third-order valence-electron chi connectivity index (χ3n) is 1.41. The van der Waals surface area contributed by atoms with Crippen molar-refractivity contribution in [1.82, 2.24) is 15.3 Å². The number of hydrogen-bond donors (Lipinski definition) is 2. The van der Waals surface area contributed by atoms with E-state index in [4.69, 9.17) is 0 Å². The first-order valence-corrected chi connectivity index (χ1v) is 3.61. The molecule has 68 valence electrons. The molecule has 0 aliphatic carbocycles. The first-order valence-electron chi connectivity index (χ1n) is 3.61. The molecule has 0 aromatic carbocycles. The minimum Gasteiger partial charge on any atom is -0.340 e. The van der Waals surface area contributed by atoms with Gasteiger partial charge in [-0.05, 0) is 7.05 Å². The van der Waals surface area contributed by atoms with Crippen molar-refractivity contribution in [3.05, 3.63) is 17.7 Å². The van der Waals surface area contributed by atoms with Crippen LogP contribution in [0.1, 0.15) is 18.4 Å². The number of nitrogens with zero attached hydrogens (tertiary/aromatic N) is 1. The molecule has 0 atom stereocenters. The van der Waals surface area contributed by atoms with Gasteiger partial charge < -0.3 is 10.3 Å². The van der Waals surface area contributed by atoms with Crippen molar-refractivity contribution in [3.63, 3.8) is 0 Å². The lowest BCUT2D eigenvalue weighted by Crippen LogP contribution is -2.10. The zero-order chi connectivity index (χ0) is 9.19. The first-order chi connectivity index (χ1) is 5.54. The molecule has 1 rings (SSSR count). The molecule has 0 fully saturated rings. The summed E-state index contributed by atoms with van der Waals surface area (Å²) in [6.07, 6.45) is 1.41. The van der Waals surface area contributed by atoms with E-state index in [1.807, 2.05) is 0 Å². The van der Waals surface area contributed by atoms with E-state index in [1.54, 1.807) is 7.05 Å². The van der Waals surface area contributed by atoms with Gasteiger partial charge in [0.15, 0.2) is 5.82 Å². The van der Waals surface area contributed by atoms with Gasteiger partial charge in [-0.2, -0.15) is 8.78 Å². The summed E-state index contributed by atoms with van der Waals surface area (Å²) in [5.41, 5.74) is 0.661. The Morgan fingerprint density at radius 3 is 2.75 bits per heavy atom. The van der Waals surface area contributed by atoms with Crippen molar-refractivity contribution >= 4 is 0 Å². The van der Waals surface area contributed by atoms with Gasteiger partial charge >= 0.3 is 5.92 Å². The van der Waals surface area contributed by atoms with Gasteiger partial charge in [-0.15, -0.1) is 0 Å². The zero-order valence-electron chi connectivity index (χ0n) is 6.99. The van der Waals surface area contributed by atoms with E-state index < -0.39 is 5.92 Å². The highest BCUT2D eigenvalue weighted by Crippen LogP contribution is 2.23. The van der Waals surface area contributed by atoms with E-state index in [0.717, 1.165) is 6.92 Å². The number of hydrogen-bond acceptors (Lipinski definition) is 2. The van der Waals surface area contributed by atoms with Crippen LogP contribution in [0, 0.1) is 0 Å². The Hall–Kier alpha value is -0.970. The predicted molar refractivity (Wildman–Crippen MR) is 40.9 cm³/mol. The summed E-state index contributed by atoms with van der Waals surface area (Å²) in [6.45, 7) is 1.33. The number of rotatable bonds is 3. The second kappa shape index (κ2) is 3.18. The number of aromatic nitrogens is 2. The molecule has 2 N–H and O–H groups in total. The molecule has 12 heavy (non-hydrogen) atoms. The summed E-state index contributed by atoms with van der Waals surface area (Å²) in [4.78, 5) is 6.09. The van der Waals surface area contributed by atoms with Gasteiger partial charge in [0, 0.05) is 25.4 Å². The van der Waals surface area contributed by atoms with Crippen molar-refractivity contribution in [2.45, 2.75) is 19.4 Å².